The van der Waals surface area contributed by atoms with Crippen molar-refractivity contribution in [1.29, 1.82) is 0 Å². The molecule has 0 aliphatic heterocycles. The predicted octanol–water partition coefficient (Wildman–Crippen LogP) is 2.34. The second-order valence-electron chi connectivity index (χ2n) is 4.49. The number of esters is 1. The fraction of sp³-hybridized carbons (Fsp3) is 0.467. The average molecular weight is 263 g/mol. The molecule has 0 atom stereocenters. The fourth-order valence-electron chi connectivity index (χ4n) is 1.90. The summed E-state index contributed by atoms with van der Waals surface area (Å²) < 4.78 is 4.80. The first-order chi connectivity index (χ1) is 9.04. The lowest BCUT2D eigenvalue weighted by Crippen LogP contribution is -2.26. The minimum atomic E-state index is -0.311. The van der Waals surface area contributed by atoms with Gasteiger partial charge in [-0.2, -0.15) is 0 Å². The van der Waals surface area contributed by atoms with Gasteiger partial charge in [-0.3, -0.25) is 9.59 Å². The van der Waals surface area contributed by atoms with Gasteiger partial charge in [-0.25, -0.2) is 0 Å². The van der Waals surface area contributed by atoms with Gasteiger partial charge < -0.3 is 9.64 Å². The Morgan fingerprint density at radius 1 is 1.21 bits per heavy atom. The highest BCUT2D eigenvalue weighted by atomic mass is 16.5. The van der Waals surface area contributed by atoms with E-state index in [1.54, 1.807) is 6.92 Å². The van der Waals surface area contributed by atoms with Gasteiger partial charge in [-0.15, -0.1) is 0 Å². The van der Waals surface area contributed by atoms with Crippen molar-refractivity contribution in [3.05, 3.63) is 29.8 Å². The van der Waals surface area contributed by atoms with Crippen molar-refractivity contribution in [3.63, 3.8) is 0 Å². The number of hydrogen-bond donors (Lipinski definition) is 0. The van der Waals surface area contributed by atoms with Crippen LogP contribution in [0.15, 0.2) is 24.3 Å². The third-order valence-electron chi connectivity index (χ3n) is 2.85. The van der Waals surface area contributed by atoms with E-state index < -0.39 is 0 Å². The number of rotatable bonds is 7. The summed E-state index contributed by atoms with van der Waals surface area (Å²) >= 11 is 0. The zero-order valence-corrected chi connectivity index (χ0v) is 11.8. The number of aryl methyl sites for hydroxylation is 1. The standard InChI is InChI=1S/C15H21NO3/c1-4-19-15(18)10-9-13(17)11-16(3)14-8-6-5-7-12(14)2/h5-8H,4,9-11H2,1-3H3. The Hall–Kier alpha value is -1.84. The summed E-state index contributed by atoms with van der Waals surface area (Å²) in [5.41, 5.74) is 2.16. The maximum atomic E-state index is 11.8. The van der Waals surface area contributed by atoms with Crippen LogP contribution >= 0.6 is 0 Å². The average Bonchev–Trinajstić information content (AvgIpc) is 2.37. The van der Waals surface area contributed by atoms with Gasteiger partial charge in [0.05, 0.1) is 19.6 Å². The van der Waals surface area contributed by atoms with Gasteiger partial charge >= 0.3 is 5.97 Å². The number of benzene rings is 1. The second kappa shape index (κ2) is 7.56. The number of nitrogens with zero attached hydrogens (tertiary/aromatic N) is 1. The molecule has 0 spiro atoms. The largest absolute Gasteiger partial charge is 0.466 e. The van der Waals surface area contributed by atoms with E-state index in [0.717, 1.165) is 11.3 Å². The molecule has 4 nitrogen and oxygen atoms in total. The number of anilines is 1. The van der Waals surface area contributed by atoms with E-state index in [9.17, 15) is 9.59 Å². The van der Waals surface area contributed by atoms with Crippen LogP contribution in [-0.2, 0) is 14.3 Å². The van der Waals surface area contributed by atoms with Crippen molar-refractivity contribution in [3.8, 4) is 0 Å². The van der Waals surface area contributed by atoms with E-state index in [-0.39, 0.29) is 24.6 Å². The Labute approximate surface area is 114 Å². The minimum Gasteiger partial charge on any atom is -0.466 e. The third kappa shape index (κ3) is 5.12. The molecule has 0 bridgehead atoms. The molecule has 0 saturated heterocycles. The summed E-state index contributed by atoms with van der Waals surface area (Å²) in [6.07, 6.45) is 0.392. The highest BCUT2D eigenvalue weighted by molar-refractivity contribution is 5.86. The van der Waals surface area contributed by atoms with Gasteiger partial charge in [0.25, 0.3) is 0 Å². The van der Waals surface area contributed by atoms with Crippen LogP contribution in [0.1, 0.15) is 25.3 Å². The SMILES string of the molecule is CCOC(=O)CCC(=O)CN(C)c1ccccc1C. The molecule has 0 N–H and O–H groups in total. The van der Waals surface area contributed by atoms with Crippen LogP contribution < -0.4 is 4.90 Å². The maximum Gasteiger partial charge on any atom is 0.306 e. The number of ether oxygens (including phenoxy) is 1. The summed E-state index contributed by atoms with van der Waals surface area (Å²) in [7, 11) is 1.88. The Morgan fingerprint density at radius 2 is 1.89 bits per heavy atom. The van der Waals surface area contributed by atoms with E-state index in [1.807, 2.05) is 43.1 Å². The molecule has 0 unspecified atom stereocenters. The summed E-state index contributed by atoms with van der Waals surface area (Å²) in [5.74, 6) is -0.270. The third-order valence-corrected chi connectivity index (χ3v) is 2.85. The lowest BCUT2D eigenvalue weighted by molar-refractivity contribution is -0.144. The second-order valence-corrected chi connectivity index (χ2v) is 4.49. The molecule has 0 saturated carbocycles. The van der Waals surface area contributed by atoms with Gasteiger partial charge in [-0.1, -0.05) is 18.2 Å². The quantitative estimate of drug-likeness (QED) is 0.708. The maximum absolute atomic E-state index is 11.8. The van der Waals surface area contributed by atoms with Gasteiger partial charge in [0.1, 0.15) is 0 Å². The first-order valence-electron chi connectivity index (χ1n) is 6.48. The van der Waals surface area contributed by atoms with Crippen LogP contribution in [-0.4, -0.2) is 32.0 Å². The molecule has 19 heavy (non-hydrogen) atoms. The molecule has 0 aliphatic carbocycles. The van der Waals surface area contributed by atoms with Crippen LogP contribution in [0.2, 0.25) is 0 Å². The smallest absolute Gasteiger partial charge is 0.306 e. The predicted molar refractivity (Wildman–Crippen MR) is 75.3 cm³/mol. The van der Waals surface area contributed by atoms with Crippen LogP contribution in [0.5, 0.6) is 0 Å². The first-order valence-corrected chi connectivity index (χ1v) is 6.48. The van der Waals surface area contributed by atoms with E-state index in [0.29, 0.717) is 13.2 Å². The van der Waals surface area contributed by atoms with E-state index in [2.05, 4.69) is 0 Å². The highest BCUT2D eigenvalue weighted by Gasteiger charge is 2.11. The molecule has 4 heteroatoms. The van der Waals surface area contributed by atoms with Crippen molar-refractivity contribution >= 4 is 17.4 Å². The van der Waals surface area contributed by atoms with Gasteiger partial charge in [0, 0.05) is 19.2 Å². The molecule has 104 valence electrons. The molecule has 1 rings (SSSR count). The first kappa shape index (κ1) is 15.2. The van der Waals surface area contributed by atoms with Crippen LogP contribution in [0.25, 0.3) is 0 Å². The lowest BCUT2D eigenvalue weighted by atomic mass is 10.1. The Balaban J connectivity index is 2.44. The minimum absolute atomic E-state index is 0.0406. The van der Waals surface area contributed by atoms with E-state index in [1.165, 1.54) is 0 Å². The normalized spacial score (nSPS) is 10.1. The highest BCUT2D eigenvalue weighted by Crippen LogP contribution is 2.17. The summed E-state index contributed by atoms with van der Waals surface area (Å²) in [5, 5.41) is 0. The Morgan fingerprint density at radius 3 is 2.53 bits per heavy atom. The van der Waals surface area contributed by atoms with Gasteiger partial charge in [0.15, 0.2) is 5.78 Å². The molecule has 0 radical (unpaired) electrons. The van der Waals surface area contributed by atoms with Crippen molar-refractivity contribution in [2.24, 2.45) is 0 Å². The van der Waals surface area contributed by atoms with Crippen LogP contribution in [0.4, 0.5) is 5.69 Å². The molecule has 1 aromatic carbocycles. The van der Waals surface area contributed by atoms with E-state index in [4.69, 9.17) is 4.74 Å². The van der Waals surface area contributed by atoms with Crippen molar-refractivity contribution in [1.82, 2.24) is 0 Å². The molecular formula is C15H21NO3. The molecule has 0 heterocycles. The topological polar surface area (TPSA) is 46.6 Å². The Bertz CT molecular complexity index is 443. The van der Waals surface area contributed by atoms with Crippen LogP contribution in [0, 0.1) is 6.92 Å². The number of ketones is 1. The van der Waals surface area contributed by atoms with Crippen LogP contribution in [0.3, 0.4) is 0 Å². The molecule has 1 aromatic rings. The van der Waals surface area contributed by atoms with E-state index >= 15 is 0 Å². The monoisotopic (exact) mass is 263 g/mol. The van der Waals surface area contributed by atoms with Gasteiger partial charge in [-0.05, 0) is 25.5 Å². The number of para-hydroxylation sites is 1. The lowest BCUT2D eigenvalue weighted by Gasteiger charge is -2.20. The summed E-state index contributed by atoms with van der Waals surface area (Å²) in [6, 6.07) is 7.90. The Kier molecular flexibility index (Phi) is 6.06. The fourth-order valence-corrected chi connectivity index (χ4v) is 1.90. The number of hydrogen-bond acceptors (Lipinski definition) is 4. The summed E-state index contributed by atoms with van der Waals surface area (Å²) in [4.78, 5) is 24.9. The number of carbonyl (C=O) groups is 2. The number of carbonyl (C=O) groups excluding carboxylic acids is 2. The number of Topliss-reactive ketones (excluding diaryl/α,β-unsaturated/α-hetero) is 1. The van der Waals surface area contributed by atoms with Crippen molar-refractivity contribution in [2.45, 2.75) is 26.7 Å². The van der Waals surface area contributed by atoms with Gasteiger partial charge in [0.2, 0.25) is 0 Å². The van der Waals surface area contributed by atoms with Crippen molar-refractivity contribution in [2.75, 3.05) is 25.1 Å². The molecule has 0 amide bonds. The zero-order valence-electron chi connectivity index (χ0n) is 11.8. The summed E-state index contributed by atoms with van der Waals surface area (Å²) in [6.45, 7) is 4.43. The molecule has 0 aromatic heterocycles. The molecular weight excluding hydrogens is 242 g/mol. The van der Waals surface area contributed by atoms with Crippen molar-refractivity contribution < 1.29 is 14.3 Å². The number of likely N-dealkylation sites (N-methyl/N-ethyl adjacent to an activating group) is 1. The molecule has 0 aliphatic rings. The molecule has 0 fully saturated rings. The zero-order chi connectivity index (χ0) is 14.3.